The van der Waals surface area contributed by atoms with E-state index in [1.54, 1.807) is 31.6 Å². The first-order valence-electron chi connectivity index (χ1n) is 12.1. The van der Waals surface area contributed by atoms with Gasteiger partial charge >= 0.3 is 0 Å². The van der Waals surface area contributed by atoms with E-state index in [0.29, 0.717) is 29.7 Å². The number of nitrogens with zero attached hydrogens (tertiary/aromatic N) is 5. The van der Waals surface area contributed by atoms with E-state index >= 15 is 0 Å². The van der Waals surface area contributed by atoms with Crippen LogP contribution in [0, 0.1) is 0 Å². The first-order valence-corrected chi connectivity index (χ1v) is 12.5. The van der Waals surface area contributed by atoms with Gasteiger partial charge in [0.2, 0.25) is 5.91 Å². The summed E-state index contributed by atoms with van der Waals surface area (Å²) in [5, 5.41) is 4.62. The number of hydrogen-bond donors (Lipinski definition) is 1. The Kier molecular flexibility index (Phi) is 7.32. The van der Waals surface area contributed by atoms with Crippen LogP contribution in [0.4, 0.5) is 11.5 Å². The zero-order valence-electron chi connectivity index (χ0n) is 20.6. The van der Waals surface area contributed by atoms with E-state index in [1.807, 2.05) is 42.2 Å². The van der Waals surface area contributed by atoms with Gasteiger partial charge in [0.25, 0.3) is 0 Å². The molecule has 0 aliphatic carbocycles. The minimum Gasteiger partial charge on any atom is -0.490 e. The number of amides is 1. The molecular weight excluding hydrogens is 492 g/mol. The molecule has 0 radical (unpaired) electrons. The van der Waals surface area contributed by atoms with Crippen molar-refractivity contribution >= 4 is 39.9 Å². The van der Waals surface area contributed by atoms with E-state index in [0.717, 1.165) is 40.9 Å². The van der Waals surface area contributed by atoms with Gasteiger partial charge in [0.05, 0.1) is 22.4 Å². The number of nitrogens with one attached hydrogen (secondary N) is 1. The van der Waals surface area contributed by atoms with Crippen molar-refractivity contribution in [2.75, 3.05) is 18.4 Å². The average molecular weight is 519 g/mol. The number of halogens is 1. The molecular formula is C27H27ClN6O3. The highest BCUT2D eigenvalue weighted by Gasteiger charge is 2.22. The van der Waals surface area contributed by atoms with Crippen molar-refractivity contribution in [3.05, 3.63) is 72.0 Å². The standard InChI is InChI=1S/C27H27ClN6O3/c1-17(25-15-29-9-10-30-25)36-26-6-3-19(13-23(26)28)33-27-22-14-21(4-5-24(22)31-16-32-27)37-20-7-11-34(12-8-20)18(2)35/h3-6,9-10,13-17,20H,7-8,11-12H2,1-2H3,(H,31,32,33). The predicted molar refractivity (Wildman–Crippen MR) is 141 cm³/mol. The molecule has 9 nitrogen and oxygen atoms in total. The van der Waals surface area contributed by atoms with Crippen LogP contribution in [0.5, 0.6) is 11.5 Å². The van der Waals surface area contributed by atoms with Crippen LogP contribution in [0.25, 0.3) is 10.9 Å². The van der Waals surface area contributed by atoms with Crippen LogP contribution < -0.4 is 14.8 Å². The van der Waals surface area contributed by atoms with Crippen molar-refractivity contribution in [3.8, 4) is 11.5 Å². The van der Waals surface area contributed by atoms with E-state index in [2.05, 4.69) is 25.3 Å². The van der Waals surface area contributed by atoms with Crippen molar-refractivity contribution in [3.63, 3.8) is 0 Å². The van der Waals surface area contributed by atoms with Crippen LogP contribution in [0.3, 0.4) is 0 Å². The molecule has 5 rings (SSSR count). The molecule has 0 saturated carbocycles. The molecule has 3 heterocycles. The lowest BCUT2D eigenvalue weighted by molar-refractivity contribution is -0.130. The molecule has 0 spiro atoms. The van der Waals surface area contributed by atoms with Gasteiger partial charge in [0.15, 0.2) is 0 Å². The summed E-state index contributed by atoms with van der Waals surface area (Å²) >= 11 is 6.53. The Morgan fingerprint density at radius 2 is 1.95 bits per heavy atom. The Labute approximate surface area is 219 Å². The van der Waals surface area contributed by atoms with Gasteiger partial charge in [-0.05, 0) is 43.3 Å². The van der Waals surface area contributed by atoms with Gasteiger partial charge in [-0.1, -0.05) is 11.6 Å². The highest BCUT2D eigenvalue weighted by Crippen LogP contribution is 2.33. The fourth-order valence-electron chi connectivity index (χ4n) is 4.27. The molecule has 1 saturated heterocycles. The number of benzene rings is 2. The van der Waals surface area contributed by atoms with Crippen molar-refractivity contribution in [2.24, 2.45) is 0 Å². The lowest BCUT2D eigenvalue weighted by Crippen LogP contribution is -2.40. The lowest BCUT2D eigenvalue weighted by Gasteiger charge is -2.31. The Balaban J connectivity index is 1.30. The monoisotopic (exact) mass is 518 g/mol. The lowest BCUT2D eigenvalue weighted by atomic mass is 10.1. The second kappa shape index (κ2) is 11.0. The number of fused-ring (bicyclic) bond motifs is 1. The van der Waals surface area contributed by atoms with E-state index in [-0.39, 0.29) is 18.1 Å². The Bertz CT molecular complexity index is 1400. The molecule has 2 aromatic carbocycles. The van der Waals surface area contributed by atoms with Crippen molar-refractivity contribution in [1.82, 2.24) is 24.8 Å². The first-order chi connectivity index (χ1) is 18.0. The number of carbonyl (C=O) groups excluding carboxylic acids is 1. The number of rotatable bonds is 7. The molecule has 37 heavy (non-hydrogen) atoms. The van der Waals surface area contributed by atoms with Crippen LogP contribution >= 0.6 is 11.6 Å². The molecule has 10 heteroatoms. The van der Waals surface area contributed by atoms with Crippen LogP contribution in [0.2, 0.25) is 5.02 Å². The number of anilines is 2. The predicted octanol–water partition coefficient (Wildman–Crippen LogP) is 5.35. The minimum absolute atomic E-state index is 0.0599. The molecule has 1 aliphatic heterocycles. The summed E-state index contributed by atoms with van der Waals surface area (Å²) in [6.45, 7) is 4.92. The van der Waals surface area contributed by atoms with E-state index in [1.165, 1.54) is 6.33 Å². The summed E-state index contributed by atoms with van der Waals surface area (Å²) in [6.07, 6.45) is 7.80. The Morgan fingerprint density at radius 1 is 1.11 bits per heavy atom. The molecule has 190 valence electrons. The van der Waals surface area contributed by atoms with Crippen LogP contribution in [0.15, 0.2) is 61.3 Å². The molecule has 1 amide bonds. The summed E-state index contributed by atoms with van der Waals surface area (Å²) < 4.78 is 12.2. The van der Waals surface area contributed by atoms with Crippen molar-refractivity contribution < 1.29 is 14.3 Å². The van der Waals surface area contributed by atoms with E-state index in [4.69, 9.17) is 21.1 Å². The Hall–Kier alpha value is -3.98. The third-order valence-corrected chi connectivity index (χ3v) is 6.59. The Morgan fingerprint density at radius 3 is 2.68 bits per heavy atom. The zero-order chi connectivity index (χ0) is 25.8. The van der Waals surface area contributed by atoms with Gasteiger partial charge in [-0.25, -0.2) is 9.97 Å². The maximum absolute atomic E-state index is 11.6. The highest BCUT2D eigenvalue weighted by molar-refractivity contribution is 6.32. The number of likely N-dealkylation sites (tertiary alicyclic amines) is 1. The summed E-state index contributed by atoms with van der Waals surface area (Å²) in [7, 11) is 0. The summed E-state index contributed by atoms with van der Waals surface area (Å²) in [5.41, 5.74) is 2.27. The number of hydrogen-bond acceptors (Lipinski definition) is 8. The molecule has 2 aromatic heterocycles. The fraction of sp³-hybridized carbons (Fsp3) is 0.296. The quantitative estimate of drug-likeness (QED) is 0.349. The van der Waals surface area contributed by atoms with Gasteiger partial charge in [-0.3, -0.25) is 14.8 Å². The topological polar surface area (TPSA) is 102 Å². The zero-order valence-corrected chi connectivity index (χ0v) is 21.4. The normalized spacial score (nSPS) is 14.8. The van der Waals surface area contributed by atoms with Crippen molar-refractivity contribution in [2.45, 2.75) is 38.9 Å². The summed E-state index contributed by atoms with van der Waals surface area (Å²) in [5.74, 6) is 2.03. The van der Waals surface area contributed by atoms with Gasteiger partial charge in [-0.2, -0.15) is 0 Å². The summed E-state index contributed by atoms with van der Waals surface area (Å²) in [6, 6.07) is 11.2. The van der Waals surface area contributed by atoms with Crippen molar-refractivity contribution in [1.29, 1.82) is 0 Å². The fourth-order valence-corrected chi connectivity index (χ4v) is 4.50. The third-order valence-electron chi connectivity index (χ3n) is 6.29. The highest BCUT2D eigenvalue weighted by atomic mass is 35.5. The maximum atomic E-state index is 11.6. The molecule has 1 fully saturated rings. The van der Waals surface area contributed by atoms with Gasteiger partial charge in [0.1, 0.15) is 35.9 Å². The molecule has 0 bridgehead atoms. The van der Waals surface area contributed by atoms with Gasteiger partial charge < -0.3 is 19.7 Å². The number of aromatic nitrogens is 4. The SMILES string of the molecule is CC(=O)N1CCC(Oc2ccc3ncnc(Nc4ccc(OC(C)c5cnccn5)c(Cl)c4)c3c2)CC1. The molecule has 4 aromatic rings. The van der Waals surface area contributed by atoms with E-state index in [9.17, 15) is 4.79 Å². The van der Waals surface area contributed by atoms with Gasteiger partial charge in [0, 0.05) is 56.3 Å². The summed E-state index contributed by atoms with van der Waals surface area (Å²) in [4.78, 5) is 30.6. The maximum Gasteiger partial charge on any atom is 0.219 e. The van der Waals surface area contributed by atoms with Crippen LogP contribution in [-0.2, 0) is 4.79 Å². The average Bonchev–Trinajstić information content (AvgIpc) is 2.91. The largest absolute Gasteiger partial charge is 0.490 e. The van der Waals surface area contributed by atoms with E-state index < -0.39 is 0 Å². The molecule has 1 N–H and O–H groups in total. The van der Waals surface area contributed by atoms with Crippen LogP contribution in [-0.4, -0.2) is 49.9 Å². The van der Waals surface area contributed by atoms with Crippen LogP contribution in [0.1, 0.15) is 38.5 Å². The van der Waals surface area contributed by atoms with Gasteiger partial charge in [-0.15, -0.1) is 0 Å². The smallest absolute Gasteiger partial charge is 0.219 e. The minimum atomic E-state index is -0.302. The molecule has 1 aliphatic rings. The number of ether oxygens (including phenoxy) is 2. The third kappa shape index (κ3) is 5.89. The number of carbonyl (C=O) groups is 1. The molecule has 1 atom stereocenters. The molecule has 1 unspecified atom stereocenters. The first kappa shape index (κ1) is 24.7. The second-order valence-corrected chi connectivity index (χ2v) is 9.29. The number of piperidine rings is 1. The second-order valence-electron chi connectivity index (χ2n) is 8.89.